The van der Waals surface area contributed by atoms with Gasteiger partial charge in [-0.25, -0.2) is 0 Å². The molecule has 1 aliphatic rings. The van der Waals surface area contributed by atoms with Crippen LogP contribution in [-0.4, -0.2) is 66.8 Å². The second-order valence-corrected chi connectivity index (χ2v) is 16.5. The van der Waals surface area contributed by atoms with E-state index in [2.05, 4.69) is 0 Å². The Morgan fingerprint density at radius 3 is 0.750 bits per heavy atom. The van der Waals surface area contributed by atoms with Crippen molar-refractivity contribution in [2.75, 3.05) is 0 Å². The van der Waals surface area contributed by atoms with Gasteiger partial charge in [-0.1, -0.05) is 27.7 Å². The van der Waals surface area contributed by atoms with E-state index >= 15 is 0 Å². The van der Waals surface area contributed by atoms with Crippen LogP contribution >= 0.6 is 0 Å². The standard InChI is InChI=1S/C36H40O14S2/c1-13-19-7-21(31(39)17(5)29(19)37)14(2)23-9-25(35(43)27(33(23)41)11-51(45,46)47)16(4)26-10-24(34(42)28(36(26)44)12-52(48,49)50)15(3)22-8-20(13)30(38)18(6)32(22)40/h7-10,13-16,37-44H,11-12H2,1-6H3,(H,45,46,47)(H,48,49,50)/t13?,14-,15+,16?. The van der Waals surface area contributed by atoms with E-state index in [9.17, 15) is 66.8 Å². The van der Waals surface area contributed by atoms with Gasteiger partial charge in [0.1, 0.15) is 57.5 Å². The van der Waals surface area contributed by atoms with Crippen LogP contribution in [0.25, 0.3) is 0 Å². The van der Waals surface area contributed by atoms with E-state index in [4.69, 9.17) is 0 Å². The summed E-state index contributed by atoms with van der Waals surface area (Å²) in [5.74, 6) is -11.3. The van der Waals surface area contributed by atoms with E-state index in [1.54, 1.807) is 6.92 Å². The van der Waals surface area contributed by atoms with Crippen molar-refractivity contribution in [2.45, 2.75) is 76.7 Å². The summed E-state index contributed by atoms with van der Waals surface area (Å²) in [6.45, 7) is 8.99. The third kappa shape index (κ3) is 6.40. The van der Waals surface area contributed by atoms with Gasteiger partial charge in [0.2, 0.25) is 0 Å². The van der Waals surface area contributed by atoms with E-state index in [-0.39, 0.29) is 67.1 Å². The Bertz CT molecular complexity index is 2220. The highest BCUT2D eigenvalue weighted by Crippen LogP contribution is 2.53. The molecule has 0 aliphatic heterocycles. The molecule has 16 heteroatoms. The first-order chi connectivity index (χ1) is 23.9. The SMILES string of the molecule is Cc1c(O)c2cc(c1O)[C@@H](C)c1cc(c(O)c(CS(=O)(=O)O)c1O)C(C)c1cc(c(O)c(CS(=O)(=O)O)c1O)[C@@H](C)c1cc(c(O)c(C)c1O)C2C. The maximum atomic E-state index is 12.1. The molecule has 4 aromatic rings. The molecular formula is C36H40O14S2. The molecule has 0 saturated heterocycles. The van der Waals surface area contributed by atoms with Crippen LogP contribution < -0.4 is 0 Å². The molecule has 0 aromatic heterocycles. The Morgan fingerprint density at radius 1 is 0.404 bits per heavy atom. The number of benzene rings is 4. The Balaban J connectivity index is 2.02. The van der Waals surface area contributed by atoms with E-state index < -0.39 is 101 Å². The molecule has 52 heavy (non-hydrogen) atoms. The number of aromatic hydroxyl groups is 8. The van der Waals surface area contributed by atoms with Gasteiger partial charge in [-0.2, -0.15) is 16.8 Å². The van der Waals surface area contributed by atoms with Gasteiger partial charge in [-0.05, 0) is 38.1 Å². The smallest absolute Gasteiger partial charge is 0.269 e. The fourth-order valence-corrected chi connectivity index (χ4v) is 8.45. The van der Waals surface area contributed by atoms with Crippen molar-refractivity contribution in [3.63, 3.8) is 0 Å². The lowest BCUT2D eigenvalue weighted by molar-refractivity contribution is 0.417. The molecule has 0 amide bonds. The van der Waals surface area contributed by atoms with Gasteiger partial charge in [0.05, 0.1) is 11.1 Å². The molecule has 0 radical (unpaired) electrons. The molecule has 5 rings (SSSR count). The third-order valence-electron chi connectivity index (χ3n) is 10.4. The first-order valence-corrected chi connectivity index (χ1v) is 19.3. The normalized spacial score (nSPS) is 19.1. The Hall–Kier alpha value is -4.90. The van der Waals surface area contributed by atoms with Crippen LogP contribution in [-0.2, 0) is 31.7 Å². The van der Waals surface area contributed by atoms with E-state index in [0.717, 1.165) is 0 Å². The van der Waals surface area contributed by atoms with E-state index in [1.165, 1.54) is 58.9 Å². The van der Waals surface area contributed by atoms with Crippen LogP contribution in [0.1, 0.15) is 118 Å². The molecule has 8 bridgehead atoms. The first kappa shape index (κ1) is 38.3. The Kier molecular flexibility index (Phi) is 9.54. The fraction of sp³-hybridized carbons (Fsp3) is 0.333. The molecule has 14 nitrogen and oxygen atoms in total. The van der Waals surface area contributed by atoms with Crippen LogP contribution in [0.2, 0.25) is 0 Å². The monoisotopic (exact) mass is 760 g/mol. The lowest BCUT2D eigenvalue weighted by Crippen LogP contribution is -2.12. The highest BCUT2D eigenvalue weighted by atomic mass is 32.2. The maximum Gasteiger partial charge on any atom is 0.269 e. The topological polar surface area (TPSA) is 271 Å². The van der Waals surface area contributed by atoms with Crippen molar-refractivity contribution in [3.8, 4) is 46.0 Å². The molecular weight excluding hydrogens is 721 g/mol. The Labute approximate surface area is 300 Å². The quantitative estimate of drug-likeness (QED) is 0.113. The minimum absolute atomic E-state index is 0.0251. The van der Waals surface area contributed by atoms with Gasteiger partial charge in [-0.3, -0.25) is 9.11 Å². The summed E-state index contributed by atoms with van der Waals surface area (Å²) in [4.78, 5) is 0. The molecule has 0 heterocycles. The van der Waals surface area contributed by atoms with Gasteiger partial charge in [-0.15, -0.1) is 0 Å². The lowest BCUT2D eigenvalue weighted by atomic mass is 9.78. The van der Waals surface area contributed by atoms with Crippen molar-refractivity contribution in [2.24, 2.45) is 0 Å². The second-order valence-electron chi connectivity index (χ2n) is 13.6. The molecule has 0 fully saturated rings. The van der Waals surface area contributed by atoms with Crippen molar-refractivity contribution in [1.29, 1.82) is 0 Å². The zero-order valence-electron chi connectivity index (χ0n) is 29.0. The molecule has 0 spiro atoms. The lowest BCUT2D eigenvalue weighted by Gasteiger charge is -2.28. The van der Waals surface area contributed by atoms with E-state index in [0.29, 0.717) is 0 Å². The van der Waals surface area contributed by atoms with Crippen LogP contribution in [0.5, 0.6) is 46.0 Å². The molecule has 10 N–H and O–H groups in total. The number of phenolic OH excluding ortho intramolecular Hbond substituents is 8. The van der Waals surface area contributed by atoms with Gasteiger partial charge >= 0.3 is 0 Å². The zero-order chi connectivity index (χ0) is 39.1. The predicted molar refractivity (Wildman–Crippen MR) is 189 cm³/mol. The minimum Gasteiger partial charge on any atom is -0.507 e. The number of hydrogen-bond acceptors (Lipinski definition) is 12. The summed E-state index contributed by atoms with van der Waals surface area (Å²) in [5.41, 5.74) is -1.02. The molecule has 0 saturated carbocycles. The molecule has 4 aromatic carbocycles. The molecule has 280 valence electrons. The summed E-state index contributed by atoms with van der Waals surface area (Å²) in [6, 6.07) is 5.41. The summed E-state index contributed by atoms with van der Waals surface area (Å²) in [7, 11) is -9.79. The predicted octanol–water partition coefficient (Wildman–Crippen LogP) is 5.64. The molecule has 1 aliphatic carbocycles. The van der Waals surface area contributed by atoms with Crippen molar-refractivity contribution < 1.29 is 66.8 Å². The number of hydrogen-bond donors (Lipinski definition) is 10. The minimum atomic E-state index is -4.90. The van der Waals surface area contributed by atoms with Crippen LogP contribution in [0.15, 0.2) is 24.3 Å². The van der Waals surface area contributed by atoms with Crippen LogP contribution in [0, 0.1) is 13.8 Å². The average Bonchev–Trinajstić information content (AvgIpc) is 3.04. The fourth-order valence-electron chi connectivity index (χ4n) is 7.18. The van der Waals surface area contributed by atoms with Crippen molar-refractivity contribution in [3.05, 3.63) is 91.0 Å². The number of fused-ring (bicyclic) bond motifs is 8. The third-order valence-corrected chi connectivity index (χ3v) is 11.7. The highest BCUT2D eigenvalue weighted by Gasteiger charge is 2.34. The van der Waals surface area contributed by atoms with Gasteiger partial charge in [0.15, 0.2) is 0 Å². The zero-order valence-corrected chi connectivity index (χ0v) is 30.6. The number of phenols is 8. The van der Waals surface area contributed by atoms with Gasteiger partial charge in [0.25, 0.3) is 20.2 Å². The first-order valence-electron chi connectivity index (χ1n) is 16.0. The summed E-state index contributed by atoms with van der Waals surface area (Å²) >= 11 is 0. The average molecular weight is 761 g/mol. The molecule has 4 atom stereocenters. The maximum absolute atomic E-state index is 12.1. The number of rotatable bonds is 4. The van der Waals surface area contributed by atoms with Gasteiger partial charge in [0, 0.05) is 79.3 Å². The van der Waals surface area contributed by atoms with Gasteiger partial charge < -0.3 is 40.9 Å². The van der Waals surface area contributed by atoms with E-state index in [1.807, 2.05) is 0 Å². The second kappa shape index (κ2) is 12.9. The van der Waals surface area contributed by atoms with Crippen molar-refractivity contribution >= 4 is 20.2 Å². The van der Waals surface area contributed by atoms with Crippen LogP contribution in [0.4, 0.5) is 0 Å². The summed E-state index contributed by atoms with van der Waals surface area (Å²) in [6.07, 6.45) is 0. The molecule has 2 unspecified atom stereocenters. The van der Waals surface area contributed by atoms with Crippen LogP contribution in [0.3, 0.4) is 0 Å². The summed E-state index contributed by atoms with van der Waals surface area (Å²) in [5, 5.41) is 91.1. The summed E-state index contributed by atoms with van der Waals surface area (Å²) < 4.78 is 68.1. The largest absolute Gasteiger partial charge is 0.507 e. The highest BCUT2D eigenvalue weighted by molar-refractivity contribution is 7.85. The van der Waals surface area contributed by atoms with Crippen molar-refractivity contribution in [1.82, 2.24) is 0 Å². The Morgan fingerprint density at radius 2 is 0.577 bits per heavy atom.